The van der Waals surface area contributed by atoms with Crippen molar-refractivity contribution in [2.24, 2.45) is 18.4 Å². The summed E-state index contributed by atoms with van der Waals surface area (Å²) in [4.78, 5) is 63.1. The molecule has 2 aromatic heterocycles. The molecular formula is C40H46N8O6. The lowest BCUT2D eigenvalue weighted by molar-refractivity contribution is -0.136. The second-order valence-corrected chi connectivity index (χ2v) is 15.9. The fraction of sp³-hybridized carbons (Fsp3) is 0.475. The quantitative estimate of drug-likeness (QED) is 0.256. The Morgan fingerprint density at radius 3 is 2.41 bits per heavy atom. The highest BCUT2D eigenvalue weighted by Crippen LogP contribution is 2.44. The number of carbonyl (C=O) groups is 3. The predicted octanol–water partition coefficient (Wildman–Crippen LogP) is 2.51. The van der Waals surface area contributed by atoms with Gasteiger partial charge in [0, 0.05) is 87.7 Å². The van der Waals surface area contributed by atoms with Crippen LogP contribution in [-0.2, 0) is 29.7 Å². The van der Waals surface area contributed by atoms with Crippen molar-refractivity contribution in [1.29, 1.82) is 0 Å². The average molecular weight is 735 g/mol. The van der Waals surface area contributed by atoms with E-state index in [-0.39, 0.29) is 29.7 Å². The number of methoxy groups -OCH3 is 2. The molecule has 9 rings (SSSR count). The van der Waals surface area contributed by atoms with E-state index in [9.17, 15) is 19.2 Å². The van der Waals surface area contributed by atoms with Crippen molar-refractivity contribution in [2.45, 2.75) is 44.8 Å². The number of fused-ring (bicyclic) bond motifs is 2. The van der Waals surface area contributed by atoms with Crippen LogP contribution < -0.4 is 25.2 Å². The average Bonchev–Trinajstić information content (AvgIpc) is 3.76. The van der Waals surface area contributed by atoms with E-state index in [1.807, 2.05) is 30.5 Å². The third-order valence-corrected chi connectivity index (χ3v) is 12.4. The van der Waals surface area contributed by atoms with Crippen LogP contribution in [0.1, 0.15) is 47.2 Å². The van der Waals surface area contributed by atoms with Crippen molar-refractivity contribution in [2.75, 3.05) is 64.9 Å². The molecule has 4 aromatic rings. The maximum atomic E-state index is 13.1. The second-order valence-electron chi connectivity index (χ2n) is 15.9. The van der Waals surface area contributed by atoms with Crippen molar-refractivity contribution >= 4 is 28.9 Å². The van der Waals surface area contributed by atoms with Crippen molar-refractivity contribution in [3.05, 3.63) is 76.1 Å². The standard InChI is InChI=1S/C40H46N8O6/c1-43-21-33(48-24-41-15-32(48)39(43)52)26-13-34(53-2)30(35(14-26)54-3)20-45-17-25(18-45)16-44-10-8-40(9-11-44)22-46(23-40)28-4-5-29-27(12-28)19-47(38(29)51)31-6-7-36(49)42-37(31)50/h4-5,12-15,21,24-25,31H,6-11,16-20,22-23H2,1-3H3,(H,42,49,50). The molecule has 54 heavy (non-hydrogen) atoms. The number of hydrogen-bond donors (Lipinski definition) is 1. The molecule has 4 saturated heterocycles. The van der Waals surface area contributed by atoms with Gasteiger partial charge in [-0.25, -0.2) is 4.98 Å². The first-order valence-electron chi connectivity index (χ1n) is 18.9. The van der Waals surface area contributed by atoms with Gasteiger partial charge in [0.15, 0.2) is 0 Å². The number of imidazole rings is 1. The van der Waals surface area contributed by atoms with Crippen LogP contribution in [0.5, 0.6) is 11.5 Å². The molecule has 282 valence electrons. The molecule has 1 spiro atoms. The molecule has 0 radical (unpaired) electrons. The highest BCUT2D eigenvalue weighted by molar-refractivity contribution is 6.05. The first-order valence-corrected chi connectivity index (χ1v) is 18.9. The van der Waals surface area contributed by atoms with E-state index < -0.39 is 6.04 Å². The molecule has 1 unspecified atom stereocenters. The maximum Gasteiger partial charge on any atom is 0.276 e. The van der Waals surface area contributed by atoms with Crippen molar-refractivity contribution in [1.82, 2.24) is 34.0 Å². The fourth-order valence-electron chi connectivity index (χ4n) is 9.37. The molecule has 14 nitrogen and oxygen atoms in total. The Morgan fingerprint density at radius 1 is 0.963 bits per heavy atom. The summed E-state index contributed by atoms with van der Waals surface area (Å²) in [6.45, 7) is 8.59. The fourth-order valence-corrected chi connectivity index (χ4v) is 9.37. The molecule has 3 amide bonds. The Bertz CT molecular complexity index is 2200. The number of likely N-dealkylation sites (tertiary alicyclic amines) is 2. The molecule has 0 bridgehead atoms. The van der Waals surface area contributed by atoms with Crippen LogP contribution in [0.2, 0.25) is 0 Å². The lowest BCUT2D eigenvalue weighted by Crippen LogP contribution is -2.61. The van der Waals surface area contributed by atoms with Crippen LogP contribution in [0.25, 0.3) is 16.8 Å². The first kappa shape index (κ1) is 34.6. The number of imide groups is 1. The number of amides is 3. The summed E-state index contributed by atoms with van der Waals surface area (Å²) >= 11 is 0. The third kappa shape index (κ3) is 5.91. The molecule has 7 heterocycles. The summed E-state index contributed by atoms with van der Waals surface area (Å²) in [7, 11) is 5.12. The number of nitrogens with one attached hydrogen (secondary N) is 1. The van der Waals surface area contributed by atoms with Crippen molar-refractivity contribution in [3.63, 3.8) is 0 Å². The SMILES string of the molecule is COc1cc(-c2cn(C)c(=O)c3cncn23)cc(OC)c1CN1CC(CN2CCC3(CC2)CN(c2ccc4c(c2)CN(C2CCC(=O)NC2=O)C4=O)C3)C1. The number of piperidine rings is 2. The van der Waals surface area contributed by atoms with Gasteiger partial charge in [-0.3, -0.25) is 33.8 Å². The number of aryl methyl sites for hydroxylation is 1. The van der Waals surface area contributed by atoms with Crippen LogP contribution in [0.15, 0.2) is 53.8 Å². The van der Waals surface area contributed by atoms with E-state index in [1.54, 1.807) is 47.7 Å². The zero-order valence-corrected chi connectivity index (χ0v) is 31.0. The largest absolute Gasteiger partial charge is 0.496 e. The van der Waals surface area contributed by atoms with Gasteiger partial charge in [0.1, 0.15) is 23.1 Å². The Morgan fingerprint density at radius 2 is 1.70 bits per heavy atom. The molecule has 5 aliphatic heterocycles. The highest BCUT2D eigenvalue weighted by atomic mass is 16.5. The zero-order valence-electron chi connectivity index (χ0n) is 31.0. The number of hydrogen-bond acceptors (Lipinski definition) is 10. The molecule has 2 aromatic carbocycles. The normalized spacial score (nSPS) is 21.7. The Hall–Kier alpha value is -5.21. The van der Waals surface area contributed by atoms with Crippen molar-refractivity contribution in [3.8, 4) is 22.8 Å². The van der Waals surface area contributed by atoms with E-state index in [4.69, 9.17) is 9.47 Å². The molecule has 1 N–H and O–H groups in total. The van der Waals surface area contributed by atoms with Gasteiger partial charge in [-0.05, 0) is 74.2 Å². The van der Waals surface area contributed by atoms with Gasteiger partial charge < -0.3 is 28.7 Å². The molecule has 0 saturated carbocycles. The van der Waals surface area contributed by atoms with E-state index in [0.717, 1.165) is 91.9 Å². The summed E-state index contributed by atoms with van der Waals surface area (Å²) in [6.07, 6.45) is 8.07. The Labute approximate surface area is 313 Å². The summed E-state index contributed by atoms with van der Waals surface area (Å²) in [6, 6.07) is 9.51. The number of ether oxygens (including phenoxy) is 2. The lowest BCUT2D eigenvalue weighted by Gasteiger charge is -2.55. The maximum absolute atomic E-state index is 13.1. The molecule has 14 heteroatoms. The number of nitrogens with zero attached hydrogens (tertiary/aromatic N) is 7. The van der Waals surface area contributed by atoms with Gasteiger partial charge in [0.2, 0.25) is 11.8 Å². The van der Waals surface area contributed by atoms with Gasteiger partial charge in [0.05, 0.1) is 38.0 Å². The smallest absolute Gasteiger partial charge is 0.276 e. The van der Waals surface area contributed by atoms with Gasteiger partial charge in [-0.2, -0.15) is 0 Å². The first-order chi connectivity index (χ1) is 26.1. The molecular weight excluding hydrogens is 688 g/mol. The molecule has 4 fully saturated rings. The number of carbonyl (C=O) groups excluding carboxylic acids is 3. The topological polar surface area (TPSA) is 134 Å². The van der Waals surface area contributed by atoms with E-state index >= 15 is 0 Å². The number of rotatable bonds is 9. The van der Waals surface area contributed by atoms with Crippen LogP contribution in [0, 0.1) is 11.3 Å². The third-order valence-electron chi connectivity index (χ3n) is 12.4. The summed E-state index contributed by atoms with van der Waals surface area (Å²) in [5, 5.41) is 2.38. The van der Waals surface area contributed by atoms with E-state index in [1.165, 1.54) is 12.8 Å². The van der Waals surface area contributed by atoms with Gasteiger partial charge in [-0.1, -0.05) is 0 Å². The van der Waals surface area contributed by atoms with Gasteiger partial charge in [0.25, 0.3) is 11.5 Å². The minimum absolute atomic E-state index is 0.104. The van der Waals surface area contributed by atoms with E-state index in [2.05, 4.69) is 31.1 Å². The monoisotopic (exact) mass is 734 g/mol. The second kappa shape index (κ2) is 13.3. The summed E-state index contributed by atoms with van der Waals surface area (Å²) in [5.41, 5.74) is 6.24. The highest BCUT2D eigenvalue weighted by Gasteiger charge is 2.46. The zero-order chi connectivity index (χ0) is 37.3. The Balaban J connectivity index is 0.767. The van der Waals surface area contributed by atoms with Gasteiger partial charge in [-0.15, -0.1) is 0 Å². The lowest BCUT2D eigenvalue weighted by atomic mass is 9.71. The van der Waals surface area contributed by atoms with E-state index in [0.29, 0.717) is 35.4 Å². The van der Waals surface area contributed by atoms with Crippen LogP contribution in [-0.4, -0.2) is 112 Å². The minimum atomic E-state index is -0.591. The molecule has 5 aliphatic rings. The molecule has 1 atom stereocenters. The molecule has 0 aliphatic carbocycles. The van der Waals surface area contributed by atoms with Crippen LogP contribution in [0.3, 0.4) is 0 Å². The minimum Gasteiger partial charge on any atom is -0.496 e. The van der Waals surface area contributed by atoms with Crippen molar-refractivity contribution < 1.29 is 23.9 Å². The predicted molar refractivity (Wildman–Crippen MR) is 201 cm³/mol. The Kier molecular flexibility index (Phi) is 8.49. The van der Waals surface area contributed by atoms with Gasteiger partial charge >= 0.3 is 0 Å². The summed E-state index contributed by atoms with van der Waals surface area (Å²) in [5.74, 6) is 1.37. The number of anilines is 1. The van der Waals surface area contributed by atoms with Crippen LogP contribution in [0.4, 0.5) is 5.69 Å². The number of benzene rings is 2. The number of aromatic nitrogens is 3. The van der Waals surface area contributed by atoms with Crippen LogP contribution >= 0.6 is 0 Å². The summed E-state index contributed by atoms with van der Waals surface area (Å²) < 4.78 is 15.2.